The molecule has 2 heteroatoms. The van der Waals surface area contributed by atoms with Crippen molar-refractivity contribution in [3.8, 4) is 5.75 Å². The Morgan fingerprint density at radius 2 is 2.00 bits per heavy atom. The first-order valence-corrected chi connectivity index (χ1v) is 7.34. The van der Waals surface area contributed by atoms with Crippen molar-refractivity contribution in [1.29, 1.82) is 0 Å². The van der Waals surface area contributed by atoms with E-state index >= 15 is 0 Å². The second-order valence-corrected chi connectivity index (χ2v) is 5.44. The van der Waals surface area contributed by atoms with Gasteiger partial charge in [0.1, 0.15) is 5.75 Å². The van der Waals surface area contributed by atoms with Crippen LogP contribution in [0.25, 0.3) is 0 Å². The van der Waals surface area contributed by atoms with Crippen LogP contribution < -0.4 is 10.5 Å². The largest absolute Gasteiger partial charge is 0.494 e. The van der Waals surface area contributed by atoms with Gasteiger partial charge in [0.15, 0.2) is 0 Å². The third-order valence-corrected chi connectivity index (χ3v) is 4.18. The van der Waals surface area contributed by atoms with Crippen molar-refractivity contribution in [3.05, 3.63) is 65.2 Å². The summed E-state index contributed by atoms with van der Waals surface area (Å²) in [5.74, 6) is 0.901. The topological polar surface area (TPSA) is 35.2 Å². The van der Waals surface area contributed by atoms with Gasteiger partial charge >= 0.3 is 0 Å². The van der Waals surface area contributed by atoms with Crippen LogP contribution in [0.1, 0.15) is 36.5 Å². The predicted octanol–water partition coefficient (Wildman–Crippen LogP) is 3.62. The number of benzene rings is 2. The molecule has 1 atom stereocenters. The van der Waals surface area contributed by atoms with E-state index in [-0.39, 0.29) is 5.54 Å². The SMILES string of the molecule is CCOc1cccc(C2(N)CCCc3ccccc32)c1. The van der Waals surface area contributed by atoms with E-state index in [1.54, 1.807) is 0 Å². The molecule has 0 fully saturated rings. The molecule has 0 heterocycles. The molecule has 1 unspecified atom stereocenters. The minimum Gasteiger partial charge on any atom is -0.494 e. The lowest BCUT2D eigenvalue weighted by molar-refractivity contribution is 0.338. The highest BCUT2D eigenvalue weighted by molar-refractivity contribution is 5.46. The first kappa shape index (κ1) is 13.2. The maximum absolute atomic E-state index is 6.80. The fourth-order valence-electron chi connectivity index (χ4n) is 3.20. The molecule has 0 spiro atoms. The van der Waals surface area contributed by atoms with E-state index in [0.29, 0.717) is 6.61 Å². The zero-order valence-electron chi connectivity index (χ0n) is 11.9. The van der Waals surface area contributed by atoms with Crippen molar-refractivity contribution >= 4 is 0 Å². The molecule has 1 aliphatic carbocycles. The van der Waals surface area contributed by atoms with Gasteiger partial charge in [-0.25, -0.2) is 0 Å². The zero-order valence-corrected chi connectivity index (χ0v) is 11.9. The Morgan fingerprint density at radius 3 is 2.85 bits per heavy atom. The van der Waals surface area contributed by atoms with Gasteiger partial charge in [0.05, 0.1) is 12.1 Å². The first-order valence-electron chi connectivity index (χ1n) is 7.34. The standard InChI is InChI=1S/C18H21NO/c1-2-20-16-10-5-9-15(13-16)18(19)12-6-8-14-7-3-4-11-17(14)18/h3-5,7,9-11,13H,2,6,8,12,19H2,1H3. The fourth-order valence-corrected chi connectivity index (χ4v) is 3.20. The van der Waals surface area contributed by atoms with Crippen molar-refractivity contribution in [2.45, 2.75) is 31.7 Å². The highest BCUT2D eigenvalue weighted by Gasteiger charge is 2.34. The molecule has 0 aliphatic heterocycles. The molecule has 0 radical (unpaired) electrons. The van der Waals surface area contributed by atoms with Gasteiger partial charge in [-0.15, -0.1) is 0 Å². The van der Waals surface area contributed by atoms with E-state index in [1.807, 2.05) is 19.1 Å². The third kappa shape index (κ3) is 2.20. The molecule has 3 rings (SSSR count). The Balaban J connectivity index is 2.07. The quantitative estimate of drug-likeness (QED) is 0.921. The molecular weight excluding hydrogens is 246 g/mol. The van der Waals surface area contributed by atoms with Crippen molar-refractivity contribution in [3.63, 3.8) is 0 Å². The lowest BCUT2D eigenvalue weighted by Gasteiger charge is -2.36. The summed E-state index contributed by atoms with van der Waals surface area (Å²) < 4.78 is 5.61. The summed E-state index contributed by atoms with van der Waals surface area (Å²) in [6.07, 6.45) is 3.24. The van der Waals surface area contributed by atoms with E-state index in [4.69, 9.17) is 10.5 Å². The van der Waals surface area contributed by atoms with E-state index in [2.05, 4.69) is 36.4 Å². The third-order valence-electron chi connectivity index (χ3n) is 4.18. The summed E-state index contributed by atoms with van der Waals surface area (Å²) in [6.45, 7) is 2.68. The molecule has 0 saturated carbocycles. The summed E-state index contributed by atoms with van der Waals surface area (Å²) in [5, 5.41) is 0. The second kappa shape index (κ2) is 5.29. The minimum atomic E-state index is -0.387. The van der Waals surface area contributed by atoms with Crippen LogP contribution in [0, 0.1) is 0 Å². The molecule has 0 aromatic heterocycles. The minimum absolute atomic E-state index is 0.387. The van der Waals surface area contributed by atoms with Crippen molar-refractivity contribution in [2.24, 2.45) is 5.73 Å². The molecular formula is C18H21NO. The maximum atomic E-state index is 6.80. The Kier molecular flexibility index (Phi) is 3.49. The number of ether oxygens (including phenoxy) is 1. The summed E-state index contributed by atoms with van der Waals surface area (Å²) in [4.78, 5) is 0. The summed E-state index contributed by atoms with van der Waals surface area (Å²) in [7, 11) is 0. The van der Waals surface area contributed by atoms with Gasteiger partial charge in [-0.2, -0.15) is 0 Å². The van der Waals surface area contributed by atoms with Crippen LogP contribution in [0.3, 0.4) is 0 Å². The van der Waals surface area contributed by atoms with Gasteiger partial charge in [-0.1, -0.05) is 36.4 Å². The molecule has 2 nitrogen and oxygen atoms in total. The van der Waals surface area contributed by atoms with E-state index in [1.165, 1.54) is 11.1 Å². The van der Waals surface area contributed by atoms with Crippen LogP contribution in [0.4, 0.5) is 0 Å². The molecule has 0 saturated heterocycles. The van der Waals surface area contributed by atoms with Gasteiger partial charge in [-0.05, 0) is 55.0 Å². The van der Waals surface area contributed by atoms with Crippen LogP contribution in [-0.4, -0.2) is 6.61 Å². The number of rotatable bonds is 3. The normalized spacial score (nSPS) is 21.3. The maximum Gasteiger partial charge on any atom is 0.119 e. The molecule has 2 aromatic rings. The van der Waals surface area contributed by atoms with Crippen molar-refractivity contribution in [1.82, 2.24) is 0 Å². The average Bonchev–Trinajstić information content (AvgIpc) is 2.48. The van der Waals surface area contributed by atoms with Gasteiger partial charge < -0.3 is 10.5 Å². The van der Waals surface area contributed by atoms with Gasteiger partial charge in [0.2, 0.25) is 0 Å². The fraction of sp³-hybridized carbons (Fsp3) is 0.333. The number of aryl methyl sites for hydroxylation is 1. The van der Waals surface area contributed by atoms with Crippen LogP contribution in [0.5, 0.6) is 5.75 Å². The van der Waals surface area contributed by atoms with Gasteiger partial charge in [0.25, 0.3) is 0 Å². The van der Waals surface area contributed by atoms with Crippen LogP contribution in [0.15, 0.2) is 48.5 Å². The molecule has 104 valence electrons. The Hall–Kier alpha value is -1.80. The molecule has 1 aliphatic rings. The predicted molar refractivity (Wildman–Crippen MR) is 82.0 cm³/mol. The number of fused-ring (bicyclic) bond motifs is 1. The number of hydrogen-bond acceptors (Lipinski definition) is 2. The lowest BCUT2D eigenvalue weighted by atomic mass is 9.73. The second-order valence-electron chi connectivity index (χ2n) is 5.44. The summed E-state index contributed by atoms with van der Waals surface area (Å²) in [6, 6.07) is 16.8. The molecule has 2 N–H and O–H groups in total. The highest BCUT2D eigenvalue weighted by atomic mass is 16.5. The molecule has 20 heavy (non-hydrogen) atoms. The first-order chi connectivity index (χ1) is 9.74. The monoisotopic (exact) mass is 267 g/mol. The molecule has 2 aromatic carbocycles. The number of hydrogen-bond donors (Lipinski definition) is 1. The van der Waals surface area contributed by atoms with Crippen LogP contribution >= 0.6 is 0 Å². The van der Waals surface area contributed by atoms with Crippen molar-refractivity contribution in [2.75, 3.05) is 6.61 Å². The van der Waals surface area contributed by atoms with E-state index in [9.17, 15) is 0 Å². The van der Waals surface area contributed by atoms with Crippen molar-refractivity contribution < 1.29 is 4.74 Å². The number of nitrogens with two attached hydrogens (primary N) is 1. The van der Waals surface area contributed by atoms with Crippen LogP contribution in [0.2, 0.25) is 0 Å². The molecule has 0 amide bonds. The summed E-state index contributed by atoms with van der Waals surface area (Å²) >= 11 is 0. The Bertz CT molecular complexity index is 608. The Morgan fingerprint density at radius 1 is 1.15 bits per heavy atom. The average molecular weight is 267 g/mol. The van der Waals surface area contributed by atoms with Gasteiger partial charge in [-0.3, -0.25) is 0 Å². The van der Waals surface area contributed by atoms with Gasteiger partial charge in [0, 0.05) is 0 Å². The lowest BCUT2D eigenvalue weighted by Crippen LogP contribution is -2.41. The zero-order chi connectivity index (χ0) is 14.0. The molecule has 0 bridgehead atoms. The highest BCUT2D eigenvalue weighted by Crippen LogP contribution is 2.39. The summed E-state index contributed by atoms with van der Waals surface area (Å²) in [5.41, 5.74) is 10.2. The van der Waals surface area contributed by atoms with E-state index in [0.717, 1.165) is 30.6 Å². The Labute approximate surface area is 120 Å². The smallest absolute Gasteiger partial charge is 0.119 e. The van der Waals surface area contributed by atoms with Crippen LogP contribution in [-0.2, 0) is 12.0 Å². The van der Waals surface area contributed by atoms with E-state index < -0.39 is 0 Å².